The van der Waals surface area contributed by atoms with Crippen LogP contribution in [-0.2, 0) is 0 Å². The smallest absolute Gasteiger partial charge is 0.161 e. The van der Waals surface area contributed by atoms with Crippen molar-refractivity contribution in [2.24, 2.45) is 5.73 Å². The summed E-state index contributed by atoms with van der Waals surface area (Å²) in [5.74, 6) is 1.59. The van der Waals surface area contributed by atoms with E-state index >= 15 is 0 Å². The molecule has 2 rings (SSSR count). The van der Waals surface area contributed by atoms with Crippen molar-refractivity contribution < 1.29 is 9.47 Å². The van der Waals surface area contributed by atoms with E-state index in [9.17, 15) is 0 Å². The standard InChI is InChI=1S/C13H20N2O2/c1-16-12-4-2-3-5-13(12)17-9-8-15-7-6-11(14)10-15/h2-5,11H,6-10,14H2,1H3. The molecule has 17 heavy (non-hydrogen) atoms. The number of para-hydroxylation sites is 2. The quantitative estimate of drug-likeness (QED) is 0.832. The zero-order chi connectivity index (χ0) is 12.1. The van der Waals surface area contributed by atoms with Crippen molar-refractivity contribution in [3.8, 4) is 11.5 Å². The predicted octanol–water partition coefficient (Wildman–Crippen LogP) is 1.11. The molecule has 0 aromatic heterocycles. The van der Waals surface area contributed by atoms with Gasteiger partial charge in [-0.2, -0.15) is 0 Å². The highest BCUT2D eigenvalue weighted by Gasteiger charge is 2.18. The molecular formula is C13H20N2O2. The van der Waals surface area contributed by atoms with Crippen LogP contribution in [0.3, 0.4) is 0 Å². The number of ether oxygens (including phenoxy) is 2. The molecule has 4 heteroatoms. The van der Waals surface area contributed by atoms with Crippen molar-refractivity contribution in [1.29, 1.82) is 0 Å². The largest absolute Gasteiger partial charge is 0.493 e. The van der Waals surface area contributed by atoms with Crippen molar-refractivity contribution in [1.82, 2.24) is 4.90 Å². The highest BCUT2D eigenvalue weighted by atomic mass is 16.5. The number of benzene rings is 1. The van der Waals surface area contributed by atoms with Gasteiger partial charge in [-0.25, -0.2) is 0 Å². The number of methoxy groups -OCH3 is 1. The molecule has 1 aliphatic rings. The van der Waals surface area contributed by atoms with E-state index in [2.05, 4.69) is 4.90 Å². The second-order valence-electron chi connectivity index (χ2n) is 4.35. The summed E-state index contributed by atoms with van der Waals surface area (Å²) in [6, 6.07) is 8.05. The minimum absolute atomic E-state index is 0.335. The Morgan fingerprint density at radius 1 is 1.35 bits per heavy atom. The van der Waals surface area contributed by atoms with Crippen LogP contribution in [0.25, 0.3) is 0 Å². The molecular weight excluding hydrogens is 216 g/mol. The summed E-state index contributed by atoms with van der Waals surface area (Å²) in [7, 11) is 1.65. The van der Waals surface area contributed by atoms with Gasteiger partial charge in [0.1, 0.15) is 6.61 Å². The molecule has 1 atom stereocenters. The summed E-state index contributed by atoms with van der Waals surface area (Å²) < 4.78 is 10.9. The fourth-order valence-corrected chi connectivity index (χ4v) is 2.09. The van der Waals surface area contributed by atoms with Gasteiger partial charge in [-0.05, 0) is 25.1 Å². The van der Waals surface area contributed by atoms with Gasteiger partial charge in [0, 0.05) is 19.1 Å². The number of nitrogens with zero attached hydrogens (tertiary/aromatic N) is 1. The summed E-state index contributed by atoms with van der Waals surface area (Å²) in [6.07, 6.45) is 1.09. The monoisotopic (exact) mass is 236 g/mol. The number of hydrogen-bond donors (Lipinski definition) is 1. The number of hydrogen-bond acceptors (Lipinski definition) is 4. The highest BCUT2D eigenvalue weighted by Crippen LogP contribution is 2.25. The average molecular weight is 236 g/mol. The van der Waals surface area contributed by atoms with Crippen LogP contribution in [0.15, 0.2) is 24.3 Å². The summed E-state index contributed by atoms with van der Waals surface area (Å²) >= 11 is 0. The minimum Gasteiger partial charge on any atom is -0.493 e. The molecule has 1 heterocycles. The molecule has 0 saturated carbocycles. The van der Waals surface area contributed by atoms with Crippen LogP contribution < -0.4 is 15.2 Å². The van der Waals surface area contributed by atoms with Gasteiger partial charge in [0.2, 0.25) is 0 Å². The Morgan fingerprint density at radius 2 is 2.12 bits per heavy atom. The van der Waals surface area contributed by atoms with E-state index in [4.69, 9.17) is 15.2 Å². The molecule has 0 radical (unpaired) electrons. The van der Waals surface area contributed by atoms with Crippen LogP contribution in [0.1, 0.15) is 6.42 Å². The predicted molar refractivity (Wildman–Crippen MR) is 67.5 cm³/mol. The van der Waals surface area contributed by atoms with E-state index < -0.39 is 0 Å². The third kappa shape index (κ3) is 3.35. The van der Waals surface area contributed by atoms with Crippen LogP contribution in [-0.4, -0.2) is 44.3 Å². The Hall–Kier alpha value is -1.26. The van der Waals surface area contributed by atoms with Gasteiger partial charge in [0.25, 0.3) is 0 Å². The zero-order valence-electron chi connectivity index (χ0n) is 10.3. The van der Waals surface area contributed by atoms with Gasteiger partial charge in [-0.15, -0.1) is 0 Å². The zero-order valence-corrected chi connectivity index (χ0v) is 10.3. The van der Waals surface area contributed by atoms with Gasteiger partial charge in [-0.1, -0.05) is 12.1 Å². The van der Waals surface area contributed by atoms with E-state index in [0.29, 0.717) is 12.6 Å². The lowest BCUT2D eigenvalue weighted by Gasteiger charge is -2.16. The van der Waals surface area contributed by atoms with Crippen molar-refractivity contribution in [2.45, 2.75) is 12.5 Å². The van der Waals surface area contributed by atoms with Gasteiger partial charge in [0.15, 0.2) is 11.5 Å². The molecule has 0 aliphatic carbocycles. The second-order valence-corrected chi connectivity index (χ2v) is 4.35. The Balaban J connectivity index is 1.78. The van der Waals surface area contributed by atoms with Crippen molar-refractivity contribution in [3.63, 3.8) is 0 Å². The van der Waals surface area contributed by atoms with E-state index in [1.165, 1.54) is 0 Å². The van der Waals surface area contributed by atoms with Crippen LogP contribution >= 0.6 is 0 Å². The first-order chi connectivity index (χ1) is 8.29. The fourth-order valence-electron chi connectivity index (χ4n) is 2.09. The molecule has 2 N–H and O–H groups in total. The maximum absolute atomic E-state index is 5.85. The number of nitrogens with two attached hydrogens (primary N) is 1. The Kier molecular flexibility index (Phi) is 4.23. The van der Waals surface area contributed by atoms with Crippen LogP contribution in [0, 0.1) is 0 Å². The molecule has 1 aromatic carbocycles. The minimum atomic E-state index is 0.335. The normalized spacial score (nSPS) is 20.5. The summed E-state index contributed by atoms with van der Waals surface area (Å²) in [6.45, 7) is 3.66. The molecule has 1 aromatic rings. The first-order valence-electron chi connectivity index (χ1n) is 6.03. The van der Waals surface area contributed by atoms with Gasteiger partial charge in [0.05, 0.1) is 7.11 Å². The Morgan fingerprint density at radius 3 is 2.76 bits per heavy atom. The van der Waals surface area contributed by atoms with Gasteiger partial charge < -0.3 is 15.2 Å². The molecule has 0 spiro atoms. The Labute approximate surface area is 102 Å². The SMILES string of the molecule is COc1ccccc1OCCN1CCC(N)C1. The first-order valence-corrected chi connectivity index (χ1v) is 6.03. The number of likely N-dealkylation sites (tertiary alicyclic amines) is 1. The summed E-state index contributed by atoms with van der Waals surface area (Å²) in [4.78, 5) is 2.33. The first kappa shape index (κ1) is 12.2. The third-order valence-electron chi connectivity index (χ3n) is 3.04. The highest BCUT2D eigenvalue weighted by molar-refractivity contribution is 5.39. The van der Waals surface area contributed by atoms with Crippen molar-refractivity contribution in [2.75, 3.05) is 33.4 Å². The molecule has 94 valence electrons. The molecule has 1 aliphatic heterocycles. The second kappa shape index (κ2) is 5.89. The lowest BCUT2D eigenvalue weighted by Crippen LogP contribution is -2.29. The van der Waals surface area contributed by atoms with Crippen molar-refractivity contribution >= 4 is 0 Å². The lowest BCUT2D eigenvalue weighted by molar-refractivity contribution is 0.229. The van der Waals surface area contributed by atoms with Crippen LogP contribution in [0.5, 0.6) is 11.5 Å². The molecule has 1 fully saturated rings. The number of rotatable bonds is 5. The molecule has 0 bridgehead atoms. The van der Waals surface area contributed by atoms with Gasteiger partial charge in [-0.3, -0.25) is 4.90 Å². The molecule has 4 nitrogen and oxygen atoms in total. The summed E-state index contributed by atoms with van der Waals surface area (Å²) in [5, 5.41) is 0. The topological polar surface area (TPSA) is 47.7 Å². The molecule has 1 saturated heterocycles. The maximum Gasteiger partial charge on any atom is 0.161 e. The Bertz CT molecular complexity index is 357. The molecule has 1 unspecified atom stereocenters. The van der Waals surface area contributed by atoms with Crippen LogP contribution in [0.4, 0.5) is 0 Å². The van der Waals surface area contributed by atoms with Gasteiger partial charge >= 0.3 is 0 Å². The van der Waals surface area contributed by atoms with E-state index in [-0.39, 0.29) is 0 Å². The fraction of sp³-hybridized carbons (Fsp3) is 0.538. The molecule has 0 amide bonds. The average Bonchev–Trinajstić information content (AvgIpc) is 2.76. The van der Waals surface area contributed by atoms with E-state index in [1.807, 2.05) is 24.3 Å². The summed E-state index contributed by atoms with van der Waals surface area (Å²) in [5.41, 5.74) is 5.85. The lowest BCUT2D eigenvalue weighted by atomic mass is 10.3. The van der Waals surface area contributed by atoms with E-state index in [0.717, 1.165) is 37.6 Å². The maximum atomic E-state index is 5.85. The van der Waals surface area contributed by atoms with E-state index in [1.54, 1.807) is 7.11 Å². The van der Waals surface area contributed by atoms with Crippen molar-refractivity contribution in [3.05, 3.63) is 24.3 Å². The third-order valence-corrected chi connectivity index (χ3v) is 3.04. The van der Waals surface area contributed by atoms with Crippen LogP contribution in [0.2, 0.25) is 0 Å².